The van der Waals surface area contributed by atoms with Gasteiger partial charge >= 0.3 is 0 Å². The zero-order valence-corrected chi connectivity index (χ0v) is 7.08. The van der Waals surface area contributed by atoms with Crippen molar-refractivity contribution in [3.05, 3.63) is 36.9 Å². The van der Waals surface area contributed by atoms with Crippen molar-refractivity contribution in [3.63, 3.8) is 0 Å². The first-order valence-corrected chi connectivity index (χ1v) is 3.78. The molecule has 0 atom stereocenters. The molecule has 5 heteroatoms. The van der Waals surface area contributed by atoms with Gasteiger partial charge in [0.2, 0.25) is 0 Å². The minimum Gasteiger partial charge on any atom is -0.330 e. The van der Waals surface area contributed by atoms with Gasteiger partial charge in [-0.15, -0.1) is 0 Å². The molecular weight excluding hydrogens is 168 g/mol. The van der Waals surface area contributed by atoms with Crippen LogP contribution in [0.3, 0.4) is 0 Å². The van der Waals surface area contributed by atoms with Gasteiger partial charge in [-0.05, 0) is 0 Å². The highest BCUT2D eigenvalue weighted by Gasteiger charge is 2.10. The van der Waals surface area contributed by atoms with E-state index in [4.69, 9.17) is 0 Å². The Bertz CT molecular complexity index is 415. The molecular formula is C8H8N4O. The van der Waals surface area contributed by atoms with Crippen LogP contribution in [0.5, 0.6) is 0 Å². The predicted octanol–water partition coefficient (Wildman–Crippen LogP) is 0.305. The highest BCUT2D eigenvalue weighted by Crippen LogP contribution is 2.00. The van der Waals surface area contributed by atoms with E-state index >= 15 is 0 Å². The molecule has 13 heavy (non-hydrogen) atoms. The van der Waals surface area contributed by atoms with Crippen LogP contribution in [0.4, 0.5) is 0 Å². The molecule has 0 aliphatic carbocycles. The van der Waals surface area contributed by atoms with Crippen LogP contribution in [0.2, 0.25) is 0 Å². The monoisotopic (exact) mass is 176 g/mol. The van der Waals surface area contributed by atoms with Crippen molar-refractivity contribution in [3.8, 4) is 0 Å². The first-order chi connectivity index (χ1) is 6.29. The molecule has 5 nitrogen and oxygen atoms in total. The van der Waals surface area contributed by atoms with E-state index in [0.29, 0.717) is 5.69 Å². The minimum atomic E-state index is -0.127. The van der Waals surface area contributed by atoms with E-state index in [1.54, 1.807) is 30.3 Å². The molecule has 0 saturated heterocycles. The fourth-order valence-electron chi connectivity index (χ4n) is 1.07. The van der Waals surface area contributed by atoms with Gasteiger partial charge in [-0.3, -0.25) is 9.36 Å². The number of rotatable bonds is 1. The van der Waals surface area contributed by atoms with Crippen molar-refractivity contribution < 1.29 is 4.79 Å². The largest absolute Gasteiger partial charge is 0.330 e. The van der Waals surface area contributed by atoms with Gasteiger partial charge in [-0.2, -0.15) is 0 Å². The van der Waals surface area contributed by atoms with Gasteiger partial charge in [-0.25, -0.2) is 9.97 Å². The number of nitrogens with zero attached hydrogens (tertiary/aromatic N) is 4. The highest BCUT2D eigenvalue weighted by atomic mass is 16.2. The molecule has 0 aromatic carbocycles. The van der Waals surface area contributed by atoms with Crippen molar-refractivity contribution in [2.45, 2.75) is 0 Å². The van der Waals surface area contributed by atoms with Gasteiger partial charge in [0.25, 0.3) is 5.91 Å². The van der Waals surface area contributed by atoms with Crippen LogP contribution in [-0.4, -0.2) is 25.0 Å². The van der Waals surface area contributed by atoms with Gasteiger partial charge in [0, 0.05) is 19.4 Å². The van der Waals surface area contributed by atoms with Crippen LogP contribution in [0.25, 0.3) is 0 Å². The highest BCUT2D eigenvalue weighted by molar-refractivity contribution is 5.93. The number of imidazole rings is 2. The normalized spacial score (nSPS) is 10.2. The van der Waals surface area contributed by atoms with Crippen LogP contribution < -0.4 is 0 Å². The average molecular weight is 176 g/mol. The lowest BCUT2D eigenvalue weighted by Gasteiger charge is -2.00. The van der Waals surface area contributed by atoms with Crippen LogP contribution >= 0.6 is 0 Å². The molecule has 0 bridgehead atoms. The summed E-state index contributed by atoms with van der Waals surface area (Å²) in [5.74, 6) is -0.127. The Morgan fingerprint density at radius 3 is 2.77 bits per heavy atom. The molecule has 2 rings (SSSR count). The topological polar surface area (TPSA) is 52.7 Å². The first-order valence-electron chi connectivity index (χ1n) is 3.78. The van der Waals surface area contributed by atoms with Gasteiger partial charge < -0.3 is 4.57 Å². The standard InChI is InChI=1S/C8H8N4O/c1-11-5-10-4-7(11)8(13)12-3-2-9-6-12/h2-6H,1H3. The summed E-state index contributed by atoms with van der Waals surface area (Å²) >= 11 is 0. The van der Waals surface area contributed by atoms with Crippen molar-refractivity contribution in [2.24, 2.45) is 7.05 Å². The summed E-state index contributed by atoms with van der Waals surface area (Å²) in [6, 6.07) is 0. The van der Waals surface area contributed by atoms with E-state index in [0.717, 1.165) is 0 Å². The van der Waals surface area contributed by atoms with E-state index < -0.39 is 0 Å². The summed E-state index contributed by atoms with van der Waals surface area (Å²) in [4.78, 5) is 19.3. The SMILES string of the molecule is Cn1cncc1C(=O)n1ccnc1. The van der Waals surface area contributed by atoms with Crippen molar-refractivity contribution in [1.82, 2.24) is 19.1 Å². The van der Waals surface area contributed by atoms with Crippen LogP contribution in [0.1, 0.15) is 10.5 Å². The maximum atomic E-state index is 11.7. The Morgan fingerprint density at radius 2 is 2.23 bits per heavy atom. The molecule has 0 fully saturated rings. The average Bonchev–Trinajstić information content (AvgIpc) is 2.72. The predicted molar refractivity (Wildman–Crippen MR) is 45.2 cm³/mol. The smallest absolute Gasteiger partial charge is 0.281 e. The van der Waals surface area contributed by atoms with Crippen LogP contribution in [0.15, 0.2) is 31.2 Å². The number of carbonyl (C=O) groups is 1. The van der Waals surface area contributed by atoms with Gasteiger partial charge in [-0.1, -0.05) is 0 Å². The molecule has 0 saturated carbocycles. The molecule has 0 N–H and O–H groups in total. The fraction of sp³-hybridized carbons (Fsp3) is 0.125. The van der Waals surface area contributed by atoms with E-state index in [1.165, 1.54) is 17.1 Å². The molecule has 0 amide bonds. The zero-order chi connectivity index (χ0) is 9.26. The molecule has 66 valence electrons. The molecule has 0 spiro atoms. The summed E-state index contributed by atoms with van der Waals surface area (Å²) in [6.07, 6.45) is 7.76. The lowest BCUT2D eigenvalue weighted by atomic mass is 10.4. The summed E-state index contributed by atoms with van der Waals surface area (Å²) in [7, 11) is 1.77. The minimum absolute atomic E-state index is 0.127. The quantitative estimate of drug-likeness (QED) is 0.628. The van der Waals surface area contributed by atoms with Gasteiger partial charge in [0.1, 0.15) is 12.0 Å². The third kappa shape index (κ3) is 1.24. The Hall–Kier alpha value is -1.91. The van der Waals surface area contributed by atoms with Crippen molar-refractivity contribution in [2.75, 3.05) is 0 Å². The second kappa shape index (κ2) is 2.85. The van der Waals surface area contributed by atoms with Crippen molar-refractivity contribution in [1.29, 1.82) is 0 Å². The van der Waals surface area contributed by atoms with Gasteiger partial charge in [0.15, 0.2) is 0 Å². The number of carbonyl (C=O) groups excluding carboxylic acids is 1. The molecule has 0 unspecified atom stereocenters. The first kappa shape index (κ1) is 7.72. The summed E-state index contributed by atoms with van der Waals surface area (Å²) < 4.78 is 3.08. The summed E-state index contributed by atoms with van der Waals surface area (Å²) in [5, 5.41) is 0. The van der Waals surface area contributed by atoms with E-state index in [-0.39, 0.29) is 5.91 Å². The Morgan fingerprint density at radius 1 is 1.38 bits per heavy atom. The molecule has 2 aromatic heterocycles. The third-order valence-electron chi connectivity index (χ3n) is 1.77. The van der Waals surface area contributed by atoms with E-state index in [2.05, 4.69) is 9.97 Å². The molecule has 2 heterocycles. The number of aromatic nitrogens is 4. The summed E-state index contributed by atoms with van der Waals surface area (Å²) in [6.45, 7) is 0. The van der Waals surface area contributed by atoms with Gasteiger partial charge in [0.05, 0.1) is 12.5 Å². The Kier molecular flexibility index (Phi) is 1.70. The van der Waals surface area contributed by atoms with E-state index in [1.807, 2.05) is 0 Å². The number of hydrogen-bond donors (Lipinski definition) is 0. The zero-order valence-electron chi connectivity index (χ0n) is 7.08. The molecule has 0 radical (unpaired) electrons. The second-order valence-corrected chi connectivity index (χ2v) is 2.66. The maximum Gasteiger partial charge on any atom is 0.281 e. The number of aryl methyl sites for hydroxylation is 1. The van der Waals surface area contributed by atoms with E-state index in [9.17, 15) is 4.79 Å². The third-order valence-corrected chi connectivity index (χ3v) is 1.77. The maximum absolute atomic E-state index is 11.7. The molecule has 0 aliphatic rings. The second-order valence-electron chi connectivity index (χ2n) is 2.66. The number of hydrogen-bond acceptors (Lipinski definition) is 3. The molecule has 0 aliphatic heterocycles. The fourth-order valence-corrected chi connectivity index (χ4v) is 1.07. The lowest BCUT2D eigenvalue weighted by molar-refractivity contribution is 0.0951. The molecule has 2 aromatic rings. The Balaban J connectivity index is 2.39. The van der Waals surface area contributed by atoms with Crippen molar-refractivity contribution >= 4 is 5.91 Å². The van der Waals surface area contributed by atoms with Crippen LogP contribution in [-0.2, 0) is 7.05 Å². The lowest BCUT2D eigenvalue weighted by Crippen LogP contribution is -2.13. The van der Waals surface area contributed by atoms with Crippen LogP contribution in [0, 0.1) is 0 Å². The summed E-state index contributed by atoms with van der Waals surface area (Å²) in [5.41, 5.74) is 0.540. The Labute approximate surface area is 74.7 Å².